The van der Waals surface area contributed by atoms with Gasteiger partial charge in [-0.25, -0.2) is 8.42 Å². The lowest BCUT2D eigenvalue weighted by Crippen LogP contribution is -2.38. The SMILES string of the molecule is C[C@]12C=CC=C[C@](C)(C=C1)S2(=O)=O. The minimum Gasteiger partial charge on any atom is -0.226 e. The Morgan fingerprint density at radius 2 is 1.23 bits per heavy atom. The van der Waals surface area contributed by atoms with Crippen molar-refractivity contribution in [2.75, 3.05) is 0 Å². The number of sulfone groups is 1. The summed E-state index contributed by atoms with van der Waals surface area (Å²) in [5.74, 6) is 0. The van der Waals surface area contributed by atoms with Crippen LogP contribution in [-0.2, 0) is 9.84 Å². The van der Waals surface area contributed by atoms with Crippen LogP contribution in [0.25, 0.3) is 0 Å². The smallest absolute Gasteiger partial charge is 0.175 e. The van der Waals surface area contributed by atoms with Crippen LogP contribution in [0.2, 0.25) is 0 Å². The molecule has 0 aromatic carbocycles. The molecule has 0 aliphatic carbocycles. The van der Waals surface area contributed by atoms with E-state index in [1.807, 2.05) is 0 Å². The first kappa shape index (κ1) is 8.75. The van der Waals surface area contributed by atoms with Gasteiger partial charge in [0.2, 0.25) is 0 Å². The van der Waals surface area contributed by atoms with Gasteiger partial charge in [-0.15, -0.1) is 0 Å². The predicted molar refractivity (Wildman–Crippen MR) is 53.1 cm³/mol. The number of hydrogen-bond donors (Lipinski definition) is 0. The fraction of sp³-hybridized carbons (Fsp3) is 0.400. The van der Waals surface area contributed by atoms with Gasteiger partial charge in [0.1, 0.15) is 9.49 Å². The third-order valence-electron chi connectivity index (χ3n) is 2.87. The molecule has 0 fully saturated rings. The van der Waals surface area contributed by atoms with E-state index in [4.69, 9.17) is 0 Å². The Hall–Kier alpha value is -0.830. The highest BCUT2D eigenvalue weighted by molar-refractivity contribution is 7.95. The van der Waals surface area contributed by atoms with Crippen molar-refractivity contribution in [3.63, 3.8) is 0 Å². The van der Waals surface area contributed by atoms with E-state index in [2.05, 4.69) is 0 Å². The van der Waals surface area contributed by atoms with Gasteiger partial charge in [0.25, 0.3) is 0 Å². The van der Waals surface area contributed by atoms with Crippen molar-refractivity contribution in [1.29, 1.82) is 0 Å². The van der Waals surface area contributed by atoms with Gasteiger partial charge in [0, 0.05) is 0 Å². The van der Waals surface area contributed by atoms with Crippen LogP contribution >= 0.6 is 0 Å². The van der Waals surface area contributed by atoms with Crippen LogP contribution in [0.4, 0.5) is 0 Å². The average Bonchev–Trinajstić information content (AvgIpc) is 2.15. The second kappa shape index (κ2) is 2.15. The van der Waals surface area contributed by atoms with E-state index in [1.54, 1.807) is 50.3 Å². The van der Waals surface area contributed by atoms with Crippen LogP contribution in [0.3, 0.4) is 0 Å². The van der Waals surface area contributed by atoms with Crippen LogP contribution in [-0.4, -0.2) is 17.9 Å². The van der Waals surface area contributed by atoms with E-state index < -0.39 is 19.3 Å². The summed E-state index contributed by atoms with van der Waals surface area (Å²) in [4.78, 5) is 0. The molecule has 2 aliphatic rings. The Morgan fingerprint density at radius 1 is 0.846 bits per heavy atom. The van der Waals surface area contributed by atoms with Crippen molar-refractivity contribution < 1.29 is 8.42 Å². The van der Waals surface area contributed by atoms with Crippen molar-refractivity contribution >= 4 is 9.84 Å². The molecule has 0 radical (unpaired) electrons. The Bertz CT molecular complexity index is 394. The third kappa shape index (κ3) is 0.854. The molecule has 2 nitrogen and oxygen atoms in total. The van der Waals surface area contributed by atoms with Gasteiger partial charge in [-0.1, -0.05) is 36.5 Å². The molecule has 0 saturated heterocycles. The summed E-state index contributed by atoms with van der Waals surface area (Å²) in [7, 11) is -3.15. The monoisotopic (exact) mass is 196 g/mol. The Kier molecular flexibility index (Phi) is 1.45. The molecule has 70 valence electrons. The first-order valence-electron chi connectivity index (χ1n) is 4.23. The first-order chi connectivity index (χ1) is 5.91. The molecule has 2 bridgehead atoms. The minimum absolute atomic E-state index is 0.814. The lowest BCUT2D eigenvalue weighted by atomic mass is 10.0. The molecule has 13 heavy (non-hydrogen) atoms. The lowest BCUT2D eigenvalue weighted by molar-refractivity contribution is 0.571. The fourth-order valence-corrected chi connectivity index (χ4v) is 3.72. The molecule has 0 aromatic heterocycles. The van der Waals surface area contributed by atoms with E-state index >= 15 is 0 Å². The molecule has 2 atom stereocenters. The van der Waals surface area contributed by atoms with Crippen molar-refractivity contribution in [3.8, 4) is 0 Å². The van der Waals surface area contributed by atoms with Crippen molar-refractivity contribution in [2.45, 2.75) is 23.3 Å². The second-order valence-corrected chi connectivity index (χ2v) is 6.69. The summed E-state index contributed by atoms with van der Waals surface area (Å²) in [5.41, 5.74) is 0. The van der Waals surface area contributed by atoms with Crippen LogP contribution in [0, 0.1) is 0 Å². The molecule has 0 spiro atoms. The van der Waals surface area contributed by atoms with Gasteiger partial charge < -0.3 is 0 Å². The van der Waals surface area contributed by atoms with Crippen molar-refractivity contribution in [2.24, 2.45) is 0 Å². The van der Waals surface area contributed by atoms with E-state index in [0.717, 1.165) is 0 Å². The second-order valence-electron chi connectivity index (χ2n) is 3.92. The summed E-state index contributed by atoms with van der Waals surface area (Å²) >= 11 is 0. The van der Waals surface area contributed by atoms with Gasteiger partial charge in [-0.2, -0.15) is 0 Å². The maximum atomic E-state index is 12.1. The number of hydrogen-bond acceptors (Lipinski definition) is 2. The van der Waals surface area contributed by atoms with Crippen LogP contribution < -0.4 is 0 Å². The molecule has 2 heterocycles. The zero-order valence-corrected chi connectivity index (χ0v) is 8.51. The number of rotatable bonds is 0. The minimum atomic E-state index is -3.15. The average molecular weight is 196 g/mol. The maximum Gasteiger partial charge on any atom is 0.175 e. The summed E-state index contributed by atoms with van der Waals surface area (Å²) < 4.78 is 22.5. The Morgan fingerprint density at radius 3 is 1.62 bits per heavy atom. The van der Waals surface area contributed by atoms with Gasteiger partial charge in [0.15, 0.2) is 9.84 Å². The van der Waals surface area contributed by atoms with Crippen LogP contribution in [0.1, 0.15) is 13.8 Å². The highest BCUT2D eigenvalue weighted by atomic mass is 32.2. The van der Waals surface area contributed by atoms with Crippen LogP contribution in [0.15, 0.2) is 36.5 Å². The summed E-state index contributed by atoms with van der Waals surface area (Å²) in [6.45, 7) is 3.46. The van der Waals surface area contributed by atoms with Crippen molar-refractivity contribution in [3.05, 3.63) is 36.5 Å². The summed E-state index contributed by atoms with van der Waals surface area (Å²) in [5, 5.41) is 0. The van der Waals surface area contributed by atoms with E-state index in [0.29, 0.717) is 0 Å². The summed E-state index contributed by atoms with van der Waals surface area (Å²) in [6, 6.07) is 0. The van der Waals surface area contributed by atoms with E-state index in [-0.39, 0.29) is 0 Å². The number of allylic oxidation sites excluding steroid dienone is 2. The quantitative estimate of drug-likeness (QED) is 0.552. The molecule has 0 N–H and O–H groups in total. The molecule has 0 saturated carbocycles. The van der Waals surface area contributed by atoms with Gasteiger partial charge >= 0.3 is 0 Å². The lowest BCUT2D eigenvalue weighted by Gasteiger charge is -2.23. The predicted octanol–water partition coefficient (Wildman–Crippen LogP) is 1.61. The molecule has 0 amide bonds. The molecule has 2 aliphatic heterocycles. The maximum absolute atomic E-state index is 12.1. The highest BCUT2D eigenvalue weighted by Crippen LogP contribution is 2.41. The zero-order valence-electron chi connectivity index (χ0n) is 7.69. The summed E-state index contributed by atoms with van der Waals surface area (Å²) in [6.07, 6.45) is 10.6. The zero-order chi connectivity index (χ0) is 9.74. The van der Waals surface area contributed by atoms with Crippen molar-refractivity contribution in [1.82, 2.24) is 0 Å². The normalized spacial score (nSPS) is 45.1. The van der Waals surface area contributed by atoms with Gasteiger partial charge in [-0.05, 0) is 13.8 Å². The largest absolute Gasteiger partial charge is 0.226 e. The highest BCUT2D eigenvalue weighted by Gasteiger charge is 2.51. The van der Waals surface area contributed by atoms with E-state index in [1.165, 1.54) is 0 Å². The number of fused-ring (bicyclic) bond motifs is 2. The standard InChI is InChI=1S/C10H12O2S/c1-9-5-3-4-6-10(2,8-7-9)13(9,11)12/h3-8H,1-2H3/t9-,10+. The first-order valence-corrected chi connectivity index (χ1v) is 5.71. The Balaban J connectivity index is 2.79. The fourth-order valence-electron chi connectivity index (χ4n) is 1.77. The molecule has 2 rings (SSSR count). The molecular weight excluding hydrogens is 184 g/mol. The topological polar surface area (TPSA) is 34.1 Å². The van der Waals surface area contributed by atoms with E-state index in [9.17, 15) is 8.42 Å². The van der Waals surface area contributed by atoms with Crippen LogP contribution in [0.5, 0.6) is 0 Å². The van der Waals surface area contributed by atoms with Gasteiger partial charge in [0.05, 0.1) is 0 Å². The Labute approximate surface area is 78.6 Å². The molecule has 3 heteroatoms. The molecule has 0 unspecified atom stereocenters. The third-order valence-corrected chi connectivity index (χ3v) is 5.73. The van der Waals surface area contributed by atoms with Gasteiger partial charge in [-0.3, -0.25) is 0 Å². The molecule has 0 aromatic rings. The molecular formula is C10H12O2S.